The Kier molecular flexibility index (Phi) is 3.17. The number of benzene rings is 3. The summed E-state index contributed by atoms with van der Waals surface area (Å²) in [7, 11) is 3.48. The molecular weight excluding hydrogens is 272 g/mol. The first-order chi connectivity index (χ1) is 10.8. The van der Waals surface area contributed by atoms with Gasteiger partial charge in [0.05, 0.1) is 0 Å². The molecule has 3 aromatic rings. The van der Waals surface area contributed by atoms with Gasteiger partial charge >= 0.3 is 0 Å². The maximum absolute atomic E-state index is 5.77. The molecule has 2 nitrogen and oxygen atoms in total. The highest BCUT2D eigenvalue weighted by atomic mass is 16.7. The van der Waals surface area contributed by atoms with Gasteiger partial charge in [0.15, 0.2) is 5.79 Å². The van der Waals surface area contributed by atoms with E-state index in [4.69, 9.17) is 9.47 Å². The zero-order valence-electron chi connectivity index (χ0n) is 13.1. The second kappa shape index (κ2) is 5.08. The van der Waals surface area contributed by atoms with Gasteiger partial charge in [0.25, 0.3) is 0 Å². The standard InChI is InChI=1S/C20H20O2/c1-21-20(22-2)13-5-8-18-17-10-9-14-6-3-4-7-15(14)16(17)11-12-19(18)20/h3-4,6-7,9-12H,5,8,13H2,1-2H3. The lowest BCUT2D eigenvalue weighted by Gasteiger charge is -2.37. The predicted octanol–water partition coefficient (Wildman–Crippen LogP) is 4.77. The largest absolute Gasteiger partial charge is 0.349 e. The van der Waals surface area contributed by atoms with Crippen LogP contribution >= 0.6 is 0 Å². The van der Waals surface area contributed by atoms with Crippen LogP contribution in [0.2, 0.25) is 0 Å². The molecule has 0 amide bonds. The Bertz CT molecular complexity index is 847. The molecule has 0 spiro atoms. The Hall–Kier alpha value is -1.90. The Morgan fingerprint density at radius 2 is 1.59 bits per heavy atom. The van der Waals surface area contributed by atoms with Crippen molar-refractivity contribution >= 4 is 21.5 Å². The molecule has 0 aromatic heterocycles. The fourth-order valence-electron chi connectivity index (χ4n) is 3.92. The Morgan fingerprint density at radius 1 is 0.818 bits per heavy atom. The molecule has 0 saturated heterocycles. The van der Waals surface area contributed by atoms with E-state index in [0.29, 0.717) is 0 Å². The van der Waals surface area contributed by atoms with E-state index in [0.717, 1.165) is 19.3 Å². The van der Waals surface area contributed by atoms with E-state index in [-0.39, 0.29) is 0 Å². The van der Waals surface area contributed by atoms with Crippen molar-refractivity contribution in [3.63, 3.8) is 0 Å². The fraction of sp³-hybridized carbons (Fsp3) is 0.300. The van der Waals surface area contributed by atoms with E-state index < -0.39 is 5.79 Å². The van der Waals surface area contributed by atoms with Crippen molar-refractivity contribution in [1.82, 2.24) is 0 Å². The van der Waals surface area contributed by atoms with E-state index in [1.165, 1.54) is 32.7 Å². The van der Waals surface area contributed by atoms with Crippen molar-refractivity contribution < 1.29 is 9.47 Å². The molecule has 0 fully saturated rings. The van der Waals surface area contributed by atoms with Crippen molar-refractivity contribution in [1.29, 1.82) is 0 Å². The molecule has 0 unspecified atom stereocenters. The average molecular weight is 292 g/mol. The smallest absolute Gasteiger partial charge is 0.194 e. The highest BCUT2D eigenvalue weighted by Gasteiger charge is 2.37. The number of ether oxygens (including phenoxy) is 2. The first-order valence-electron chi connectivity index (χ1n) is 7.83. The summed E-state index contributed by atoms with van der Waals surface area (Å²) in [6.45, 7) is 0. The minimum atomic E-state index is -0.590. The molecule has 0 atom stereocenters. The van der Waals surface area contributed by atoms with E-state index in [9.17, 15) is 0 Å². The van der Waals surface area contributed by atoms with Crippen molar-refractivity contribution in [2.24, 2.45) is 0 Å². The molecule has 0 N–H and O–H groups in total. The fourth-order valence-corrected chi connectivity index (χ4v) is 3.92. The SMILES string of the molecule is COC1(OC)CCCc2c1ccc1c2ccc2ccccc21. The molecule has 0 bridgehead atoms. The lowest BCUT2D eigenvalue weighted by molar-refractivity contribution is -0.224. The van der Waals surface area contributed by atoms with Gasteiger partial charge < -0.3 is 9.47 Å². The zero-order chi connectivity index (χ0) is 15.2. The van der Waals surface area contributed by atoms with Crippen molar-refractivity contribution in [2.75, 3.05) is 14.2 Å². The van der Waals surface area contributed by atoms with Crippen LogP contribution in [0.3, 0.4) is 0 Å². The van der Waals surface area contributed by atoms with Crippen LogP contribution < -0.4 is 0 Å². The highest BCUT2D eigenvalue weighted by Crippen LogP contribution is 2.42. The van der Waals surface area contributed by atoms with E-state index in [2.05, 4.69) is 48.5 Å². The molecule has 0 heterocycles. The normalized spacial score (nSPS) is 16.8. The minimum Gasteiger partial charge on any atom is -0.349 e. The molecule has 0 saturated carbocycles. The summed E-state index contributed by atoms with van der Waals surface area (Å²) in [6, 6.07) is 17.4. The third-order valence-electron chi connectivity index (χ3n) is 5.04. The summed E-state index contributed by atoms with van der Waals surface area (Å²) in [5.74, 6) is -0.590. The number of hydrogen-bond acceptors (Lipinski definition) is 2. The van der Waals surface area contributed by atoms with Gasteiger partial charge in [-0.05, 0) is 39.9 Å². The summed E-state index contributed by atoms with van der Waals surface area (Å²) in [6.07, 6.45) is 3.08. The van der Waals surface area contributed by atoms with Crippen molar-refractivity contribution in [3.05, 3.63) is 59.7 Å². The van der Waals surface area contributed by atoms with Crippen LogP contribution in [0.15, 0.2) is 48.5 Å². The van der Waals surface area contributed by atoms with E-state index in [1.54, 1.807) is 14.2 Å². The van der Waals surface area contributed by atoms with Crippen molar-refractivity contribution in [2.45, 2.75) is 25.0 Å². The van der Waals surface area contributed by atoms with Gasteiger partial charge in [-0.3, -0.25) is 0 Å². The summed E-state index contributed by atoms with van der Waals surface area (Å²) < 4.78 is 11.5. The quantitative estimate of drug-likeness (QED) is 0.500. The topological polar surface area (TPSA) is 18.5 Å². The Morgan fingerprint density at radius 3 is 2.41 bits per heavy atom. The average Bonchev–Trinajstić information content (AvgIpc) is 2.60. The molecule has 1 aliphatic carbocycles. The van der Waals surface area contributed by atoms with Crippen LogP contribution in [0.1, 0.15) is 24.0 Å². The first kappa shape index (κ1) is 13.7. The predicted molar refractivity (Wildman–Crippen MR) is 90.1 cm³/mol. The summed E-state index contributed by atoms with van der Waals surface area (Å²) in [5, 5.41) is 5.25. The van der Waals surface area contributed by atoms with Gasteiger partial charge in [-0.1, -0.05) is 48.5 Å². The number of hydrogen-bond donors (Lipinski definition) is 0. The molecule has 112 valence electrons. The van der Waals surface area contributed by atoms with Gasteiger partial charge in [-0.25, -0.2) is 0 Å². The van der Waals surface area contributed by atoms with Gasteiger partial charge in [0.1, 0.15) is 0 Å². The van der Waals surface area contributed by atoms with Crippen LogP contribution in [0.4, 0.5) is 0 Å². The lowest BCUT2D eigenvalue weighted by atomic mass is 9.82. The maximum Gasteiger partial charge on any atom is 0.194 e. The van der Waals surface area contributed by atoms with E-state index in [1.807, 2.05) is 0 Å². The molecule has 1 aliphatic rings. The van der Waals surface area contributed by atoms with Crippen LogP contribution in [-0.4, -0.2) is 14.2 Å². The lowest BCUT2D eigenvalue weighted by Crippen LogP contribution is -2.34. The van der Waals surface area contributed by atoms with Gasteiger partial charge in [-0.15, -0.1) is 0 Å². The number of rotatable bonds is 2. The first-order valence-corrected chi connectivity index (χ1v) is 7.83. The number of fused-ring (bicyclic) bond motifs is 5. The Balaban J connectivity index is 2.06. The molecule has 0 aliphatic heterocycles. The van der Waals surface area contributed by atoms with E-state index >= 15 is 0 Å². The zero-order valence-corrected chi connectivity index (χ0v) is 13.1. The summed E-state index contributed by atoms with van der Waals surface area (Å²) in [5.41, 5.74) is 2.56. The van der Waals surface area contributed by atoms with Crippen LogP contribution in [0.5, 0.6) is 0 Å². The van der Waals surface area contributed by atoms with Crippen LogP contribution in [0, 0.1) is 0 Å². The maximum atomic E-state index is 5.77. The summed E-state index contributed by atoms with van der Waals surface area (Å²) in [4.78, 5) is 0. The molecule has 22 heavy (non-hydrogen) atoms. The summed E-state index contributed by atoms with van der Waals surface area (Å²) >= 11 is 0. The van der Waals surface area contributed by atoms with Gasteiger partial charge in [0.2, 0.25) is 0 Å². The molecule has 0 radical (unpaired) electrons. The Labute approximate surface area is 130 Å². The third-order valence-corrected chi connectivity index (χ3v) is 5.04. The van der Waals surface area contributed by atoms with Gasteiger partial charge in [-0.2, -0.15) is 0 Å². The molecule has 4 rings (SSSR count). The van der Waals surface area contributed by atoms with Crippen LogP contribution in [-0.2, 0) is 21.7 Å². The van der Waals surface area contributed by atoms with Crippen LogP contribution in [0.25, 0.3) is 21.5 Å². The third kappa shape index (κ3) is 1.81. The number of aryl methyl sites for hydroxylation is 1. The molecular formula is C20H20O2. The minimum absolute atomic E-state index is 0.590. The molecule has 2 heteroatoms. The monoisotopic (exact) mass is 292 g/mol. The second-order valence-electron chi connectivity index (χ2n) is 5.99. The van der Waals surface area contributed by atoms with Crippen molar-refractivity contribution in [3.8, 4) is 0 Å². The number of methoxy groups -OCH3 is 2. The van der Waals surface area contributed by atoms with Gasteiger partial charge in [0, 0.05) is 26.2 Å². The second-order valence-corrected chi connectivity index (χ2v) is 5.99. The molecule has 3 aromatic carbocycles. The highest BCUT2D eigenvalue weighted by molar-refractivity contribution is 6.08.